The van der Waals surface area contributed by atoms with Gasteiger partial charge in [-0.2, -0.15) is 0 Å². The topological polar surface area (TPSA) is 61.0 Å². The molecule has 0 unspecified atom stereocenters. The zero-order valence-electron chi connectivity index (χ0n) is 15.6. The van der Waals surface area contributed by atoms with Crippen LogP contribution in [0.25, 0.3) is 21.8 Å². The fourth-order valence-corrected chi connectivity index (χ4v) is 3.80. The molecule has 0 spiro atoms. The van der Waals surface area contributed by atoms with E-state index < -0.39 is 5.41 Å². The SMILES string of the molecule is CN(C)CCNC(=O)C1(c2nccc3c2[nH]c2ccccc23)CCC1.Cl.Cl. The number of aromatic amines is 1. The monoisotopic (exact) mass is 408 g/mol. The molecule has 0 atom stereocenters. The lowest BCUT2D eigenvalue weighted by atomic mass is 9.65. The van der Waals surface area contributed by atoms with E-state index in [1.54, 1.807) is 0 Å². The van der Waals surface area contributed by atoms with Crippen molar-refractivity contribution in [3.05, 3.63) is 42.2 Å². The van der Waals surface area contributed by atoms with Gasteiger partial charge < -0.3 is 15.2 Å². The van der Waals surface area contributed by atoms with Crippen molar-refractivity contribution in [3.8, 4) is 0 Å². The highest BCUT2D eigenvalue weighted by Crippen LogP contribution is 2.45. The summed E-state index contributed by atoms with van der Waals surface area (Å²) in [5.74, 6) is 0.110. The lowest BCUT2D eigenvalue weighted by molar-refractivity contribution is -0.130. The van der Waals surface area contributed by atoms with Gasteiger partial charge in [0.1, 0.15) is 0 Å². The maximum absolute atomic E-state index is 13.0. The first-order chi connectivity index (χ1) is 12.1. The Hall–Kier alpha value is -1.82. The second kappa shape index (κ2) is 8.46. The lowest BCUT2D eigenvalue weighted by Crippen LogP contribution is -2.51. The maximum atomic E-state index is 13.0. The second-order valence-electron chi connectivity index (χ2n) is 7.25. The molecule has 1 aliphatic rings. The van der Waals surface area contributed by atoms with Gasteiger partial charge in [-0.3, -0.25) is 9.78 Å². The number of nitrogens with one attached hydrogen (secondary N) is 2. The molecule has 1 fully saturated rings. The number of likely N-dealkylation sites (N-methyl/N-ethyl adjacent to an activating group) is 1. The van der Waals surface area contributed by atoms with Gasteiger partial charge in [0.25, 0.3) is 0 Å². The number of fused-ring (bicyclic) bond motifs is 3. The average molecular weight is 409 g/mol. The Labute approximate surface area is 171 Å². The Morgan fingerprint density at radius 1 is 1.19 bits per heavy atom. The number of rotatable bonds is 5. The van der Waals surface area contributed by atoms with Gasteiger partial charge in [-0.05, 0) is 39.1 Å². The van der Waals surface area contributed by atoms with Gasteiger partial charge in [-0.1, -0.05) is 24.6 Å². The first-order valence-electron chi connectivity index (χ1n) is 8.91. The van der Waals surface area contributed by atoms with Gasteiger partial charge >= 0.3 is 0 Å². The molecule has 1 saturated carbocycles. The summed E-state index contributed by atoms with van der Waals surface area (Å²) >= 11 is 0. The summed E-state index contributed by atoms with van der Waals surface area (Å²) < 4.78 is 0. The van der Waals surface area contributed by atoms with Crippen LogP contribution in [0.2, 0.25) is 0 Å². The lowest BCUT2D eigenvalue weighted by Gasteiger charge is -2.40. The zero-order chi connectivity index (χ0) is 17.4. The van der Waals surface area contributed by atoms with Gasteiger partial charge in [0.2, 0.25) is 5.91 Å². The Morgan fingerprint density at radius 3 is 2.59 bits per heavy atom. The molecule has 5 nitrogen and oxygen atoms in total. The molecular formula is C20H26Cl2N4O. The number of hydrogen-bond acceptors (Lipinski definition) is 3. The Bertz CT molecular complexity index is 934. The summed E-state index contributed by atoms with van der Waals surface area (Å²) in [5.41, 5.74) is 2.50. The van der Waals surface area contributed by atoms with E-state index in [2.05, 4.69) is 32.3 Å². The number of para-hydroxylation sites is 1. The minimum Gasteiger partial charge on any atom is -0.354 e. The van der Waals surface area contributed by atoms with E-state index in [0.717, 1.165) is 47.9 Å². The summed E-state index contributed by atoms with van der Waals surface area (Å²) in [6.07, 6.45) is 4.63. The van der Waals surface area contributed by atoms with Crippen molar-refractivity contribution in [1.82, 2.24) is 20.2 Å². The van der Waals surface area contributed by atoms with Crippen LogP contribution in [-0.4, -0.2) is 48.0 Å². The van der Waals surface area contributed by atoms with Gasteiger partial charge in [-0.15, -0.1) is 24.8 Å². The highest BCUT2D eigenvalue weighted by Gasteiger charge is 2.48. The number of nitrogens with zero attached hydrogens (tertiary/aromatic N) is 2. The van der Waals surface area contributed by atoms with Crippen molar-refractivity contribution < 1.29 is 4.79 Å². The van der Waals surface area contributed by atoms with Gasteiger partial charge in [-0.25, -0.2) is 0 Å². The van der Waals surface area contributed by atoms with E-state index >= 15 is 0 Å². The number of carbonyl (C=O) groups excluding carboxylic acids is 1. The number of hydrogen-bond donors (Lipinski definition) is 2. The molecule has 4 rings (SSSR count). The Kier molecular flexibility index (Phi) is 6.73. The van der Waals surface area contributed by atoms with E-state index in [-0.39, 0.29) is 30.7 Å². The number of amides is 1. The van der Waals surface area contributed by atoms with E-state index in [1.807, 2.05) is 38.5 Å². The van der Waals surface area contributed by atoms with E-state index in [1.165, 1.54) is 5.39 Å². The highest BCUT2D eigenvalue weighted by molar-refractivity contribution is 6.09. The molecule has 3 aromatic rings. The summed E-state index contributed by atoms with van der Waals surface area (Å²) in [6.45, 7) is 1.50. The molecule has 2 N–H and O–H groups in total. The minimum absolute atomic E-state index is 0. The molecular weight excluding hydrogens is 383 g/mol. The first-order valence-corrected chi connectivity index (χ1v) is 8.91. The molecule has 146 valence electrons. The van der Waals surface area contributed by atoms with Gasteiger partial charge in [0.05, 0.1) is 16.6 Å². The highest BCUT2D eigenvalue weighted by atomic mass is 35.5. The van der Waals surface area contributed by atoms with Crippen molar-refractivity contribution in [2.75, 3.05) is 27.2 Å². The average Bonchev–Trinajstić information content (AvgIpc) is 2.93. The predicted molar refractivity (Wildman–Crippen MR) is 115 cm³/mol. The molecule has 2 heterocycles. The molecule has 0 saturated heterocycles. The van der Waals surface area contributed by atoms with Crippen molar-refractivity contribution in [2.24, 2.45) is 0 Å². The molecule has 1 aliphatic carbocycles. The first kappa shape index (κ1) is 21.5. The van der Waals surface area contributed by atoms with Crippen molar-refractivity contribution in [2.45, 2.75) is 24.7 Å². The molecule has 7 heteroatoms. The largest absolute Gasteiger partial charge is 0.354 e. The Balaban J connectivity index is 0.00000131. The number of H-pyrrole nitrogens is 1. The quantitative estimate of drug-likeness (QED) is 0.676. The second-order valence-corrected chi connectivity index (χ2v) is 7.25. The van der Waals surface area contributed by atoms with Crippen LogP contribution >= 0.6 is 24.8 Å². The summed E-state index contributed by atoms with van der Waals surface area (Å²) in [7, 11) is 4.02. The fraction of sp³-hybridized carbons (Fsp3) is 0.400. The van der Waals surface area contributed by atoms with Crippen LogP contribution in [0.4, 0.5) is 0 Å². The molecule has 1 aromatic carbocycles. The van der Waals surface area contributed by atoms with Crippen LogP contribution in [0.1, 0.15) is 25.0 Å². The molecule has 0 bridgehead atoms. The van der Waals surface area contributed by atoms with Crippen LogP contribution in [0.3, 0.4) is 0 Å². The molecule has 0 radical (unpaired) electrons. The molecule has 2 aromatic heterocycles. The molecule has 1 amide bonds. The van der Waals surface area contributed by atoms with Crippen LogP contribution in [-0.2, 0) is 10.2 Å². The number of aromatic nitrogens is 2. The predicted octanol–water partition coefficient (Wildman–Crippen LogP) is 3.66. The molecule has 0 aliphatic heterocycles. The minimum atomic E-state index is -0.493. The standard InChI is InChI=1S/C20H24N4O.2ClH/c1-24(2)13-12-22-19(25)20(9-5-10-20)18-17-15(8-11-21-18)14-6-3-4-7-16(14)23-17;;/h3-4,6-8,11,23H,5,9-10,12-13H2,1-2H3,(H,22,25);2*1H. The number of pyridine rings is 1. The Morgan fingerprint density at radius 2 is 1.93 bits per heavy atom. The number of halogens is 2. The van der Waals surface area contributed by atoms with Crippen molar-refractivity contribution >= 4 is 52.5 Å². The van der Waals surface area contributed by atoms with Gasteiger partial charge in [0, 0.05) is 35.6 Å². The summed E-state index contributed by atoms with van der Waals surface area (Å²) in [4.78, 5) is 23.2. The fourth-order valence-electron chi connectivity index (χ4n) is 3.80. The smallest absolute Gasteiger partial charge is 0.232 e. The number of carbonyl (C=O) groups is 1. The van der Waals surface area contributed by atoms with E-state index in [9.17, 15) is 4.79 Å². The third-order valence-corrected chi connectivity index (χ3v) is 5.37. The van der Waals surface area contributed by atoms with Crippen molar-refractivity contribution in [1.29, 1.82) is 0 Å². The van der Waals surface area contributed by atoms with Crippen LogP contribution in [0.5, 0.6) is 0 Å². The third-order valence-electron chi connectivity index (χ3n) is 5.37. The van der Waals surface area contributed by atoms with Gasteiger partial charge in [0.15, 0.2) is 0 Å². The summed E-state index contributed by atoms with van der Waals surface area (Å²) in [5, 5.41) is 5.45. The van der Waals surface area contributed by atoms with E-state index in [0.29, 0.717) is 6.54 Å². The van der Waals surface area contributed by atoms with Crippen LogP contribution < -0.4 is 5.32 Å². The molecule has 27 heavy (non-hydrogen) atoms. The number of benzene rings is 1. The van der Waals surface area contributed by atoms with Crippen LogP contribution in [0.15, 0.2) is 36.5 Å². The van der Waals surface area contributed by atoms with E-state index in [4.69, 9.17) is 0 Å². The van der Waals surface area contributed by atoms with Crippen LogP contribution in [0, 0.1) is 0 Å². The summed E-state index contributed by atoms with van der Waals surface area (Å²) in [6, 6.07) is 10.3. The zero-order valence-corrected chi connectivity index (χ0v) is 17.3. The maximum Gasteiger partial charge on any atom is 0.232 e. The third kappa shape index (κ3) is 3.64. The van der Waals surface area contributed by atoms with Crippen molar-refractivity contribution in [3.63, 3.8) is 0 Å². The normalized spacial score (nSPS) is 15.1.